The lowest BCUT2D eigenvalue weighted by Gasteiger charge is -2.41. The maximum absolute atomic E-state index is 13.6. The molecule has 0 atom stereocenters. The summed E-state index contributed by atoms with van der Waals surface area (Å²) in [4.78, 5) is 10.2. The lowest BCUT2D eigenvalue weighted by molar-refractivity contribution is 0.0647. The van der Waals surface area contributed by atoms with E-state index in [0.29, 0.717) is 0 Å². The minimum atomic E-state index is -1.99. The van der Waals surface area contributed by atoms with Gasteiger partial charge in [-0.25, -0.2) is 70.2 Å². The first-order chi connectivity index (χ1) is 30.1. The van der Waals surface area contributed by atoms with Crippen molar-refractivity contribution in [2.75, 3.05) is 78.5 Å². The van der Waals surface area contributed by atoms with E-state index >= 15 is 0 Å². The Hall–Kier alpha value is -2.28. The van der Waals surface area contributed by atoms with Gasteiger partial charge in [-0.2, -0.15) is 0 Å². The van der Waals surface area contributed by atoms with Crippen LogP contribution in [-0.4, -0.2) is 98.1 Å². The second-order valence-corrected chi connectivity index (χ2v) is 17.8. The van der Waals surface area contributed by atoms with Crippen LogP contribution in [0.25, 0.3) is 0 Å². The summed E-state index contributed by atoms with van der Waals surface area (Å²) in [6.07, 6.45) is 0. The van der Waals surface area contributed by atoms with Crippen LogP contribution in [0.15, 0.2) is 20.5 Å². The molecule has 4 aromatic carbocycles. The van der Waals surface area contributed by atoms with Crippen molar-refractivity contribution in [2.45, 2.75) is 0 Å². The number of hydrogen-bond donors (Lipinski definition) is 0. The van der Waals surface area contributed by atoms with Crippen LogP contribution in [0.5, 0.6) is 0 Å². The van der Waals surface area contributed by atoms with Crippen LogP contribution < -0.4 is 0 Å². The normalized spacial score (nSPS) is 19.9. The van der Waals surface area contributed by atoms with Crippen molar-refractivity contribution in [1.29, 1.82) is 0 Å². The zero-order valence-corrected chi connectivity index (χ0v) is 40.3. The standard InChI is InChI=1S/2C12F8I2N2.2C6H12N2/c2*13-1-5(17)11(6(18)2(14)9(1)21)23-24-12-7(19)3(15)10(22)4(16)8(12)20;2*1-2-8-5-3-7(1)4-6-8/h;;2*1-6H2. The van der Waals surface area contributed by atoms with Crippen molar-refractivity contribution in [3.63, 3.8) is 0 Å². The number of rotatable bonds is 4. The van der Waals surface area contributed by atoms with Gasteiger partial charge in [0.2, 0.25) is 0 Å². The summed E-state index contributed by atoms with van der Waals surface area (Å²) in [5, 5.41) is 10.6. The third-order valence-electron chi connectivity index (χ3n) is 9.64. The van der Waals surface area contributed by atoms with Crippen molar-refractivity contribution in [1.82, 2.24) is 19.6 Å². The molecule has 4 bridgehead atoms. The Balaban J connectivity index is 0.000000178. The third kappa shape index (κ3) is 11.5. The molecule has 0 aromatic heterocycles. The maximum Gasteiger partial charge on any atom is 0.190 e. The number of nitrogens with zero attached hydrogens (tertiary/aromatic N) is 8. The molecule has 28 heteroatoms. The predicted octanol–water partition coefficient (Wildman–Crippen LogP) is 12.1. The molecule has 0 spiro atoms. The van der Waals surface area contributed by atoms with Gasteiger partial charge in [-0.1, -0.05) is 0 Å². The van der Waals surface area contributed by atoms with E-state index in [2.05, 4.69) is 40.1 Å². The molecule has 0 radical (unpaired) electrons. The quantitative estimate of drug-likeness (QED) is 0.0672. The molecule has 6 aliphatic heterocycles. The number of azo groups is 2. The van der Waals surface area contributed by atoms with E-state index in [1.54, 1.807) is 0 Å². The largest absolute Gasteiger partial charge is 0.300 e. The van der Waals surface area contributed by atoms with Gasteiger partial charge in [0.25, 0.3) is 0 Å². The molecule has 0 N–H and O–H groups in total. The van der Waals surface area contributed by atoms with Crippen molar-refractivity contribution < 1.29 is 70.2 Å². The summed E-state index contributed by atoms with van der Waals surface area (Å²) >= 11 is 3.91. The van der Waals surface area contributed by atoms with Crippen LogP contribution in [0, 0.1) is 107 Å². The summed E-state index contributed by atoms with van der Waals surface area (Å²) in [5.41, 5.74) is -6.60. The number of benzene rings is 4. The van der Waals surface area contributed by atoms with E-state index in [0.717, 1.165) is 90.4 Å². The molecule has 10 rings (SSSR count). The number of piperazine rings is 6. The van der Waals surface area contributed by atoms with Crippen molar-refractivity contribution in [3.05, 3.63) is 107 Å². The van der Waals surface area contributed by atoms with Crippen LogP contribution >= 0.6 is 90.4 Å². The van der Waals surface area contributed by atoms with Gasteiger partial charge in [0, 0.05) is 78.5 Å². The van der Waals surface area contributed by atoms with Crippen molar-refractivity contribution >= 4 is 113 Å². The van der Waals surface area contributed by atoms with E-state index < -0.39 is 130 Å². The molecule has 8 nitrogen and oxygen atoms in total. The van der Waals surface area contributed by atoms with Gasteiger partial charge in [0.05, 0.1) is 14.3 Å². The Bertz CT molecular complexity index is 2010. The molecule has 0 unspecified atom stereocenters. The van der Waals surface area contributed by atoms with E-state index in [1.807, 2.05) is 0 Å². The summed E-state index contributed by atoms with van der Waals surface area (Å²) < 4.78 is 211. The van der Waals surface area contributed by atoms with E-state index in [4.69, 9.17) is 0 Å². The molecule has 0 saturated carbocycles. The molecule has 0 amide bonds. The molecule has 64 heavy (non-hydrogen) atoms. The van der Waals surface area contributed by atoms with Gasteiger partial charge in [-0.15, -0.1) is 20.5 Å². The van der Waals surface area contributed by atoms with Gasteiger partial charge < -0.3 is 0 Å². The van der Waals surface area contributed by atoms with Gasteiger partial charge in [-0.3, -0.25) is 19.6 Å². The van der Waals surface area contributed by atoms with Crippen LogP contribution in [0.4, 0.5) is 93.0 Å². The molecular formula is C36H24F16I4N8. The molecular weight excluding hydrogens is 1360 g/mol. The minimum Gasteiger partial charge on any atom is -0.300 e. The van der Waals surface area contributed by atoms with Crippen LogP contribution in [0.3, 0.4) is 0 Å². The summed E-state index contributed by atoms with van der Waals surface area (Å²) in [5.74, 6) is -30.5. The summed E-state index contributed by atoms with van der Waals surface area (Å²) in [6.45, 7) is 15.8. The Labute approximate surface area is 406 Å². The smallest absolute Gasteiger partial charge is 0.190 e. The lowest BCUT2D eigenvalue weighted by Crippen LogP contribution is -2.55. The number of hydrogen-bond acceptors (Lipinski definition) is 8. The van der Waals surface area contributed by atoms with E-state index in [9.17, 15) is 70.2 Å². The fraction of sp³-hybridized carbons (Fsp3) is 0.333. The number of fused-ring (bicyclic) bond motifs is 6. The zero-order valence-electron chi connectivity index (χ0n) is 31.6. The van der Waals surface area contributed by atoms with Gasteiger partial charge >= 0.3 is 0 Å². The second kappa shape index (κ2) is 22.7. The predicted molar refractivity (Wildman–Crippen MR) is 230 cm³/mol. The van der Waals surface area contributed by atoms with Gasteiger partial charge in [-0.05, 0) is 90.4 Å². The topological polar surface area (TPSA) is 62.4 Å². The van der Waals surface area contributed by atoms with Gasteiger partial charge in [0.1, 0.15) is 0 Å². The first kappa shape index (κ1) is 52.7. The number of halogens is 20. The summed E-state index contributed by atoms with van der Waals surface area (Å²) in [7, 11) is 0. The minimum absolute atomic E-state index is 0.977. The van der Waals surface area contributed by atoms with Crippen molar-refractivity contribution in [3.8, 4) is 0 Å². The molecule has 6 saturated heterocycles. The maximum atomic E-state index is 13.6. The molecule has 6 fully saturated rings. The van der Waals surface area contributed by atoms with Crippen LogP contribution in [0.2, 0.25) is 0 Å². The lowest BCUT2D eigenvalue weighted by atomic mass is 10.2. The second-order valence-electron chi connectivity index (χ2n) is 13.4. The monoisotopic (exact) mass is 1380 g/mol. The molecule has 348 valence electrons. The Kier molecular flexibility index (Phi) is 18.7. The Morgan fingerprint density at radius 2 is 0.328 bits per heavy atom. The third-order valence-corrected chi connectivity index (χ3v) is 13.4. The van der Waals surface area contributed by atoms with E-state index in [1.165, 1.54) is 78.5 Å². The fourth-order valence-electron chi connectivity index (χ4n) is 5.96. The molecule has 4 aromatic rings. The highest BCUT2D eigenvalue weighted by Crippen LogP contribution is 2.37. The van der Waals surface area contributed by atoms with Gasteiger partial charge in [0.15, 0.2) is 116 Å². The average Bonchev–Trinajstić information content (AvgIpc) is 3.32. The first-order valence-corrected chi connectivity index (χ1v) is 22.2. The SMILES string of the molecule is C1CN2CCN1CC2.C1CN2CCN1CC2.Fc1c(F)c(N=Nc2c(F)c(F)c(I)c(F)c2F)c(F)c(F)c1I.Fc1c(F)c(N=Nc2c(F)c(F)c(I)c(F)c2F)c(F)c(F)c1I. The Morgan fingerprint density at radius 3 is 0.422 bits per heavy atom. The van der Waals surface area contributed by atoms with Crippen LogP contribution in [-0.2, 0) is 0 Å². The molecule has 6 aliphatic rings. The average molecular weight is 1380 g/mol. The fourth-order valence-corrected chi connectivity index (χ4v) is 7.86. The Morgan fingerprint density at radius 1 is 0.219 bits per heavy atom. The highest BCUT2D eigenvalue weighted by atomic mass is 127. The first-order valence-electron chi connectivity index (χ1n) is 17.9. The highest BCUT2D eigenvalue weighted by molar-refractivity contribution is 14.1. The van der Waals surface area contributed by atoms with Crippen LogP contribution in [0.1, 0.15) is 0 Å². The molecule has 0 aliphatic carbocycles. The molecule has 6 heterocycles. The van der Waals surface area contributed by atoms with E-state index in [-0.39, 0.29) is 0 Å². The highest BCUT2D eigenvalue weighted by Gasteiger charge is 2.29. The van der Waals surface area contributed by atoms with Crippen molar-refractivity contribution in [2.24, 2.45) is 20.5 Å². The summed E-state index contributed by atoms with van der Waals surface area (Å²) in [6, 6.07) is 0. The zero-order chi connectivity index (χ0) is 47.5.